The molecule has 2 aliphatic rings. The molecule has 2 atom stereocenters. The van der Waals surface area contributed by atoms with Gasteiger partial charge in [0.05, 0.1) is 0 Å². The molecule has 2 aliphatic heterocycles. The number of nitrogens with zero attached hydrogens (tertiary/aromatic N) is 1. The van der Waals surface area contributed by atoms with Gasteiger partial charge in [0.15, 0.2) is 0 Å². The van der Waals surface area contributed by atoms with Crippen LogP contribution in [0.25, 0.3) is 0 Å². The summed E-state index contributed by atoms with van der Waals surface area (Å²) in [7, 11) is 0. The summed E-state index contributed by atoms with van der Waals surface area (Å²) in [5.41, 5.74) is 0. The summed E-state index contributed by atoms with van der Waals surface area (Å²) < 4.78 is 0. The fourth-order valence-corrected chi connectivity index (χ4v) is 3.41. The van der Waals surface area contributed by atoms with E-state index in [0.29, 0.717) is 12.5 Å². The normalized spacial score (nSPS) is 37.8. The zero-order valence-corrected chi connectivity index (χ0v) is 8.22. The standard InChI is InChI=1S/C9H17NOS/c11-6-8-1-3-10(5-8)9-2-4-12-7-9/h8-9,11H,1-7H2/t8-,9+/m0/s1. The van der Waals surface area contributed by atoms with Crippen LogP contribution < -0.4 is 0 Å². The van der Waals surface area contributed by atoms with Gasteiger partial charge in [0.2, 0.25) is 0 Å². The average molecular weight is 187 g/mol. The lowest BCUT2D eigenvalue weighted by molar-refractivity contribution is 0.205. The third-order valence-electron chi connectivity index (χ3n) is 3.00. The number of likely N-dealkylation sites (tertiary alicyclic amines) is 1. The molecule has 0 radical (unpaired) electrons. The molecule has 0 aromatic carbocycles. The van der Waals surface area contributed by atoms with Gasteiger partial charge in [-0.25, -0.2) is 0 Å². The Kier molecular flexibility index (Phi) is 2.94. The lowest BCUT2D eigenvalue weighted by atomic mass is 10.1. The summed E-state index contributed by atoms with van der Waals surface area (Å²) >= 11 is 2.07. The molecule has 0 amide bonds. The van der Waals surface area contributed by atoms with Crippen LogP contribution >= 0.6 is 11.8 Å². The van der Waals surface area contributed by atoms with Crippen LogP contribution in [0.1, 0.15) is 12.8 Å². The first-order valence-corrected chi connectivity index (χ1v) is 5.98. The van der Waals surface area contributed by atoms with Gasteiger partial charge in [-0.15, -0.1) is 0 Å². The predicted molar refractivity (Wildman–Crippen MR) is 52.5 cm³/mol. The van der Waals surface area contributed by atoms with Crippen molar-refractivity contribution in [1.29, 1.82) is 0 Å². The molecule has 2 saturated heterocycles. The van der Waals surface area contributed by atoms with Crippen LogP contribution in [0.2, 0.25) is 0 Å². The van der Waals surface area contributed by atoms with E-state index < -0.39 is 0 Å². The molecular weight excluding hydrogens is 170 g/mol. The molecule has 0 unspecified atom stereocenters. The number of aliphatic hydroxyl groups excluding tert-OH is 1. The summed E-state index contributed by atoms with van der Waals surface area (Å²) in [6, 6.07) is 0.826. The molecule has 3 heteroatoms. The van der Waals surface area contributed by atoms with E-state index >= 15 is 0 Å². The van der Waals surface area contributed by atoms with Crippen LogP contribution in [0.15, 0.2) is 0 Å². The summed E-state index contributed by atoms with van der Waals surface area (Å²) in [4.78, 5) is 2.57. The van der Waals surface area contributed by atoms with Gasteiger partial charge in [0, 0.05) is 24.9 Å². The summed E-state index contributed by atoms with van der Waals surface area (Å²) in [5.74, 6) is 3.22. The zero-order chi connectivity index (χ0) is 8.39. The van der Waals surface area contributed by atoms with E-state index in [1.54, 1.807) is 0 Å². The maximum absolute atomic E-state index is 8.99. The summed E-state index contributed by atoms with van der Waals surface area (Å²) in [6.07, 6.45) is 2.57. The van der Waals surface area contributed by atoms with E-state index in [4.69, 9.17) is 5.11 Å². The van der Waals surface area contributed by atoms with E-state index in [9.17, 15) is 0 Å². The third kappa shape index (κ3) is 1.78. The predicted octanol–water partition coefficient (Wildman–Crippen LogP) is 0.806. The van der Waals surface area contributed by atoms with Crippen LogP contribution in [0.4, 0.5) is 0 Å². The molecule has 2 nitrogen and oxygen atoms in total. The van der Waals surface area contributed by atoms with Crippen molar-refractivity contribution in [2.45, 2.75) is 18.9 Å². The topological polar surface area (TPSA) is 23.5 Å². The molecule has 0 bridgehead atoms. The van der Waals surface area contributed by atoms with Crippen LogP contribution in [-0.4, -0.2) is 47.3 Å². The number of rotatable bonds is 2. The van der Waals surface area contributed by atoms with Crippen molar-refractivity contribution >= 4 is 11.8 Å². The maximum Gasteiger partial charge on any atom is 0.0471 e. The molecule has 0 aromatic heterocycles. The minimum absolute atomic E-state index is 0.385. The first-order valence-electron chi connectivity index (χ1n) is 4.83. The molecule has 70 valence electrons. The lowest BCUT2D eigenvalue weighted by Gasteiger charge is -2.22. The number of hydrogen-bond acceptors (Lipinski definition) is 3. The second-order valence-electron chi connectivity index (χ2n) is 3.85. The highest BCUT2D eigenvalue weighted by Gasteiger charge is 2.29. The van der Waals surface area contributed by atoms with Crippen LogP contribution in [0.5, 0.6) is 0 Å². The molecule has 0 aromatic rings. The Labute approximate surface area is 78.3 Å². The smallest absolute Gasteiger partial charge is 0.0471 e. The number of aliphatic hydroxyl groups is 1. The van der Waals surface area contributed by atoms with E-state index in [1.807, 2.05) is 0 Å². The highest BCUT2D eigenvalue weighted by molar-refractivity contribution is 7.99. The van der Waals surface area contributed by atoms with E-state index in [2.05, 4.69) is 16.7 Å². The molecule has 0 saturated carbocycles. The zero-order valence-electron chi connectivity index (χ0n) is 7.41. The van der Waals surface area contributed by atoms with Gasteiger partial charge in [0.25, 0.3) is 0 Å². The van der Waals surface area contributed by atoms with Gasteiger partial charge in [-0.3, -0.25) is 4.90 Å². The Bertz CT molecular complexity index is 147. The molecule has 0 aliphatic carbocycles. The Morgan fingerprint density at radius 1 is 1.42 bits per heavy atom. The Morgan fingerprint density at radius 2 is 2.33 bits per heavy atom. The van der Waals surface area contributed by atoms with E-state index in [-0.39, 0.29) is 0 Å². The Hall–Kier alpha value is 0.270. The molecule has 0 spiro atoms. The van der Waals surface area contributed by atoms with Crippen LogP contribution in [0.3, 0.4) is 0 Å². The first-order chi connectivity index (χ1) is 5.90. The SMILES string of the molecule is OC[C@H]1CCN([C@@H]2CCSC2)C1. The maximum atomic E-state index is 8.99. The molecule has 2 heterocycles. The van der Waals surface area contributed by atoms with Crippen LogP contribution in [-0.2, 0) is 0 Å². The van der Waals surface area contributed by atoms with Crippen molar-refractivity contribution in [3.8, 4) is 0 Å². The monoisotopic (exact) mass is 187 g/mol. The van der Waals surface area contributed by atoms with Gasteiger partial charge in [-0.2, -0.15) is 11.8 Å². The minimum atomic E-state index is 0.385. The second kappa shape index (κ2) is 3.99. The number of thioether (sulfide) groups is 1. The van der Waals surface area contributed by atoms with Crippen LogP contribution in [0, 0.1) is 5.92 Å². The van der Waals surface area contributed by atoms with E-state index in [0.717, 1.165) is 12.6 Å². The third-order valence-corrected chi connectivity index (χ3v) is 4.14. The Balaban J connectivity index is 1.81. The largest absolute Gasteiger partial charge is 0.396 e. The fourth-order valence-electron chi connectivity index (χ4n) is 2.15. The molecule has 1 N–H and O–H groups in total. The summed E-state index contributed by atoms with van der Waals surface area (Å²) in [5, 5.41) is 8.99. The van der Waals surface area contributed by atoms with Crippen molar-refractivity contribution in [3.63, 3.8) is 0 Å². The van der Waals surface area contributed by atoms with Crippen molar-refractivity contribution in [2.75, 3.05) is 31.2 Å². The molecular formula is C9H17NOS. The van der Waals surface area contributed by atoms with Gasteiger partial charge < -0.3 is 5.11 Å². The molecule has 2 rings (SSSR count). The highest BCUT2D eigenvalue weighted by atomic mass is 32.2. The second-order valence-corrected chi connectivity index (χ2v) is 5.00. The van der Waals surface area contributed by atoms with E-state index in [1.165, 1.54) is 30.9 Å². The average Bonchev–Trinajstić information content (AvgIpc) is 2.75. The van der Waals surface area contributed by atoms with Gasteiger partial charge in [-0.1, -0.05) is 0 Å². The molecule has 12 heavy (non-hydrogen) atoms. The van der Waals surface area contributed by atoms with Gasteiger partial charge in [-0.05, 0) is 31.1 Å². The molecule has 2 fully saturated rings. The summed E-state index contributed by atoms with van der Waals surface area (Å²) in [6.45, 7) is 2.74. The number of hydrogen-bond donors (Lipinski definition) is 1. The van der Waals surface area contributed by atoms with Crippen molar-refractivity contribution in [2.24, 2.45) is 5.92 Å². The first kappa shape index (κ1) is 8.85. The van der Waals surface area contributed by atoms with Crippen molar-refractivity contribution < 1.29 is 5.11 Å². The van der Waals surface area contributed by atoms with Gasteiger partial charge >= 0.3 is 0 Å². The van der Waals surface area contributed by atoms with Crippen molar-refractivity contribution in [3.05, 3.63) is 0 Å². The minimum Gasteiger partial charge on any atom is -0.396 e. The lowest BCUT2D eigenvalue weighted by Crippen LogP contribution is -2.33. The highest BCUT2D eigenvalue weighted by Crippen LogP contribution is 2.27. The van der Waals surface area contributed by atoms with Gasteiger partial charge in [0.1, 0.15) is 0 Å². The Morgan fingerprint density at radius 3 is 2.92 bits per heavy atom. The quantitative estimate of drug-likeness (QED) is 0.692. The fraction of sp³-hybridized carbons (Fsp3) is 1.00. The van der Waals surface area contributed by atoms with Crippen molar-refractivity contribution in [1.82, 2.24) is 4.90 Å².